The molecule has 29 heavy (non-hydrogen) atoms. The van der Waals surface area contributed by atoms with E-state index in [4.69, 9.17) is 4.74 Å². The summed E-state index contributed by atoms with van der Waals surface area (Å²) < 4.78 is 5.21. The second-order valence-electron chi connectivity index (χ2n) is 8.14. The number of benzene rings is 1. The number of carbonyl (C=O) groups is 3. The molecule has 0 radical (unpaired) electrons. The minimum absolute atomic E-state index is 0. The number of β-lactam (4-membered cyclic amide) rings is 1. The Morgan fingerprint density at radius 2 is 2.07 bits per heavy atom. The van der Waals surface area contributed by atoms with Crippen molar-refractivity contribution in [3.8, 4) is 0 Å². The van der Waals surface area contributed by atoms with Gasteiger partial charge < -0.3 is 20.1 Å². The number of carboxylic acid groups (broad SMARTS) is 1. The molecule has 4 atom stereocenters. The minimum atomic E-state index is -1.02. The van der Waals surface area contributed by atoms with Gasteiger partial charge in [0.2, 0.25) is 5.91 Å². The van der Waals surface area contributed by atoms with Gasteiger partial charge in [0.25, 0.3) is 5.91 Å². The summed E-state index contributed by atoms with van der Waals surface area (Å²) >= 11 is 1.42. The molecule has 2 N–H and O–H groups in total. The van der Waals surface area contributed by atoms with Crippen molar-refractivity contribution >= 4 is 29.5 Å². The van der Waals surface area contributed by atoms with Crippen LogP contribution in [0.3, 0.4) is 0 Å². The van der Waals surface area contributed by atoms with E-state index in [2.05, 4.69) is 5.32 Å². The molecule has 3 aliphatic rings. The van der Waals surface area contributed by atoms with Gasteiger partial charge in [0.1, 0.15) is 17.5 Å². The Bertz CT molecular complexity index is 861. The van der Waals surface area contributed by atoms with Crippen molar-refractivity contribution in [2.24, 2.45) is 0 Å². The molecule has 1 aromatic carbocycles. The maximum atomic E-state index is 13.0. The van der Waals surface area contributed by atoms with Crippen molar-refractivity contribution in [2.75, 3.05) is 6.61 Å². The van der Waals surface area contributed by atoms with Gasteiger partial charge in [0.15, 0.2) is 6.10 Å². The van der Waals surface area contributed by atoms with Gasteiger partial charge in [0, 0.05) is 11.4 Å². The van der Waals surface area contributed by atoms with Crippen LogP contribution in [0.15, 0.2) is 18.2 Å². The predicted octanol–water partition coefficient (Wildman–Crippen LogP) is -1.37. The zero-order valence-corrected chi connectivity index (χ0v) is 19.9. The van der Waals surface area contributed by atoms with E-state index in [-0.39, 0.29) is 46.7 Å². The summed E-state index contributed by atoms with van der Waals surface area (Å²) in [7, 11) is 0. The zero-order valence-electron chi connectivity index (χ0n) is 17.1. The van der Waals surface area contributed by atoms with Gasteiger partial charge in [-0.2, -0.15) is 0 Å². The van der Waals surface area contributed by atoms with E-state index in [0.29, 0.717) is 6.61 Å². The maximum Gasteiger partial charge on any atom is 1.00 e. The fraction of sp³-hybridized carbons (Fsp3) is 0.550. The first-order chi connectivity index (χ1) is 13.2. The smallest absolute Gasteiger partial charge is 0.480 e. The van der Waals surface area contributed by atoms with Gasteiger partial charge in [0.05, 0.1) is 0 Å². The number of aliphatic carboxylic acids is 1. The summed E-state index contributed by atoms with van der Waals surface area (Å²) in [5.41, 5.74) is 2.99. The molecule has 7 nitrogen and oxygen atoms in total. The van der Waals surface area contributed by atoms with Crippen molar-refractivity contribution in [3.63, 3.8) is 0 Å². The third-order valence-electron chi connectivity index (χ3n) is 5.67. The number of nitrogens with one attached hydrogen (secondary N) is 1. The largest absolute Gasteiger partial charge is 1.00 e. The fourth-order valence-corrected chi connectivity index (χ4v) is 5.96. The second kappa shape index (κ2) is 8.23. The quantitative estimate of drug-likeness (QED) is 0.457. The number of ether oxygens (including phenoxy) is 1. The van der Waals surface area contributed by atoms with E-state index in [1.54, 1.807) is 0 Å². The van der Waals surface area contributed by atoms with Crippen LogP contribution in [0.25, 0.3) is 0 Å². The van der Waals surface area contributed by atoms with Crippen LogP contribution in [0.2, 0.25) is 0 Å². The maximum absolute atomic E-state index is 13.0. The average Bonchev–Trinajstić information content (AvgIpc) is 2.75. The molecule has 2 saturated heterocycles. The van der Waals surface area contributed by atoms with Gasteiger partial charge in [-0.15, -0.1) is 11.8 Å². The number of carbonyl (C=O) groups excluding carboxylic acids is 2. The number of amides is 2. The molecule has 150 valence electrons. The Morgan fingerprint density at radius 1 is 1.34 bits per heavy atom. The number of thioether (sulfide) groups is 1. The summed E-state index contributed by atoms with van der Waals surface area (Å²) in [6, 6.07) is 4.41. The third-order valence-corrected chi connectivity index (χ3v) is 7.24. The first-order valence-electron chi connectivity index (χ1n) is 9.45. The number of rotatable bonds is 3. The Hall–Kier alpha value is -1.06. The third kappa shape index (κ3) is 3.85. The Morgan fingerprint density at radius 3 is 2.76 bits per heavy atom. The van der Waals surface area contributed by atoms with Crippen LogP contribution >= 0.6 is 11.8 Å². The number of hydrogen-bond donors (Lipinski definition) is 2. The topological polar surface area (TPSA) is 95.9 Å². The van der Waals surface area contributed by atoms with Crippen LogP contribution in [0.1, 0.15) is 43.1 Å². The summed E-state index contributed by atoms with van der Waals surface area (Å²) in [5.74, 6) is -1.71. The Balaban J connectivity index is 0.00000240. The molecule has 4 rings (SSSR count). The van der Waals surface area contributed by atoms with E-state index in [9.17, 15) is 19.5 Å². The van der Waals surface area contributed by atoms with Crippen molar-refractivity contribution in [2.45, 2.75) is 61.9 Å². The first-order valence-corrected chi connectivity index (χ1v) is 10.3. The molecule has 1 aromatic rings. The molecule has 1 unspecified atom stereocenters. The van der Waals surface area contributed by atoms with Gasteiger partial charge in [-0.05, 0) is 44.7 Å². The fourth-order valence-electron chi connectivity index (χ4n) is 4.33. The summed E-state index contributed by atoms with van der Waals surface area (Å²) in [6.07, 6.45) is 0.930. The molecule has 2 amide bonds. The number of fused-ring (bicyclic) bond motifs is 2. The van der Waals surface area contributed by atoms with E-state index in [1.807, 2.05) is 39.0 Å². The van der Waals surface area contributed by atoms with Crippen LogP contribution in [0, 0.1) is 6.92 Å². The average molecular weight is 427 g/mol. The Labute approximate surface area is 196 Å². The molecule has 0 saturated carbocycles. The molecule has 3 aliphatic heterocycles. The summed E-state index contributed by atoms with van der Waals surface area (Å²) in [6.45, 7) is 6.07. The standard InChI is InChI=1S/C20H24N2O5S.Na/c1-10-6-7-11-5-4-8-27-14(12(11)9-10)16(23)21-13-17(24)22-15(19(25)26)20(2,3)28-18(13)22;/h6-7,9,13-15,18H,4-5,8H2,1-3H3,(H,21,23)(H,25,26);/q;+1/t13-,14?,15+,18-;/m1./s1. The molecule has 2 fully saturated rings. The van der Waals surface area contributed by atoms with Gasteiger partial charge in [-0.3, -0.25) is 9.59 Å². The molecule has 0 spiro atoms. The summed E-state index contributed by atoms with van der Waals surface area (Å²) in [5, 5.41) is 12.0. The minimum Gasteiger partial charge on any atom is -0.480 e. The second-order valence-corrected chi connectivity index (χ2v) is 9.91. The van der Waals surface area contributed by atoms with E-state index < -0.39 is 28.9 Å². The van der Waals surface area contributed by atoms with Gasteiger partial charge >= 0.3 is 35.5 Å². The first kappa shape index (κ1) is 22.6. The van der Waals surface area contributed by atoms with Crippen LogP contribution in [-0.4, -0.2) is 56.6 Å². The van der Waals surface area contributed by atoms with Crippen molar-refractivity contribution in [3.05, 3.63) is 34.9 Å². The SMILES string of the molecule is Cc1ccc2c(c1)C(C(=O)N[C@@H]1C(=O)N3[C@@H]1SC(C)(C)[C@@H]3C(=O)O)OCCC2.[Na+]. The van der Waals surface area contributed by atoms with Gasteiger partial charge in [-0.25, -0.2) is 4.79 Å². The number of nitrogens with zero attached hydrogens (tertiary/aromatic N) is 1. The van der Waals surface area contributed by atoms with Crippen LogP contribution in [0.4, 0.5) is 0 Å². The van der Waals surface area contributed by atoms with Crippen LogP contribution < -0.4 is 34.9 Å². The summed E-state index contributed by atoms with van der Waals surface area (Å²) in [4.78, 5) is 38.6. The zero-order chi connectivity index (χ0) is 20.2. The number of hydrogen-bond acceptors (Lipinski definition) is 5. The normalized spacial score (nSPS) is 29.6. The van der Waals surface area contributed by atoms with Crippen molar-refractivity contribution < 1.29 is 53.8 Å². The van der Waals surface area contributed by atoms with E-state index in [1.165, 1.54) is 16.7 Å². The molecular weight excluding hydrogens is 403 g/mol. The molecule has 3 heterocycles. The van der Waals surface area contributed by atoms with Crippen molar-refractivity contribution in [1.82, 2.24) is 10.2 Å². The number of carboxylic acids is 1. The Kier molecular flexibility index (Phi) is 6.42. The monoisotopic (exact) mass is 427 g/mol. The van der Waals surface area contributed by atoms with Crippen molar-refractivity contribution in [1.29, 1.82) is 0 Å². The van der Waals surface area contributed by atoms with Crippen LogP contribution in [-0.2, 0) is 25.5 Å². The van der Waals surface area contributed by atoms with Crippen LogP contribution in [0.5, 0.6) is 0 Å². The molecule has 0 aliphatic carbocycles. The molecule has 0 bridgehead atoms. The predicted molar refractivity (Wildman–Crippen MR) is 104 cm³/mol. The molecule has 9 heteroatoms. The number of aryl methyl sites for hydroxylation is 2. The van der Waals surface area contributed by atoms with E-state index in [0.717, 1.165) is 29.5 Å². The molecule has 0 aromatic heterocycles. The van der Waals surface area contributed by atoms with Gasteiger partial charge in [-0.1, -0.05) is 23.8 Å². The van der Waals surface area contributed by atoms with E-state index >= 15 is 0 Å². The molecular formula is C20H24N2NaO5S+.